The first-order chi connectivity index (χ1) is 15.5. The summed E-state index contributed by atoms with van der Waals surface area (Å²) in [7, 11) is 3.96. The summed E-state index contributed by atoms with van der Waals surface area (Å²) in [5.41, 5.74) is 1.81. The molecule has 1 aromatic carbocycles. The Morgan fingerprint density at radius 2 is 1.84 bits per heavy atom. The highest BCUT2D eigenvalue weighted by molar-refractivity contribution is 5.96. The van der Waals surface area contributed by atoms with Gasteiger partial charge in [-0.1, -0.05) is 43.8 Å². The molecule has 0 aromatic heterocycles. The molecule has 3 heterocycles. The van der Waals surface area contributed by atoms with E-state index in [4.69, 9.17) is 9.47 Å². The molecule has 0 spiro atoms. The number of rotatable bonds is 8. The standard InChI is InChI=1S/C24H35N5O3/c1-5-11-28-19(2)25(3)22-21(23(28)30)29(18-20-9-7-6-8-10-20)24(26(22)4)32-17-14-27-12-15-31-16-13-27/h6-10,24H,2,5,11-18H2,1,3-4H3. The number of carbonyl (C=O) groups is 1. The van der Waals surface area contributed by atoms with Crippen LogP contribution in [-0.2, 0) is 20.8 Å². The van der Waals surface area contributed by atoms with Crippen molar-refractivity contribution in [2.24, 2.45) is 0 Å². The minimum atomic E-state index is -0.359. The van der Waals surface area contributed by atoms with Gasteiger partial charge in [-0.25, -0.2) is 0 Å². The van der Waals surface area contributed by atoms with Crippen molar-refractivity contribution < 1.29 is 14.3 Å². The number of hydrogen-bond donors (Lipinski definition) is 0. The first-order valence-electron chi connectivity index (χ1n) is 11.5. The van der Waals surface area contributed by atoms with E-state index in [2.05, 4.69) is 40.3 Å². The molecule has 1 saturated heterocycles. The zero-order valence-corrected chi connectivity index (χ0v) is 19.5. The summed E-state index contributed by atoms with van der Waals surface area (Å²) < 4.78 is 11.9. The Balaban J connectivity index is 1.58. The molecule has 8 heteroatoms. The summed E-state index contributed by atoms with van der Waals surface area (Å²) in [6.45, 7) is 12.3. The van der Waals surface area contributed by atoms with Gasteiger partial charge < -0.3 is 24.2 Å². The fourth-order valence-corrected chi connectivity index (χ4v) is 4.59. The van der Waals surface area contributed by atoms with Gasteiger partial charge in [-0.2, -0.15) is 0 Å². The number of benzene rings is 1. The van der Waals surface area contributed by atoms with Crippen molar-refractivity contribution in [3.63, 3.8) is 0 Å². The van der Waals surface area contributed by atoms with Gasteiger partial charge in [-0.05, 0) is 12.0 Å². The van der Waals surface area contributed by atoms with Gasteiger partial charge in [-0.15, -0.1) is 0 Å². The Morgan fingerprint density at radius 1 is 1.12 bits per heavy atom. The van der Waals surface area contributed by atoms with Gasteiger partial charge in [-0.3, -0.25) is 14.6 Å². The lowest BCUT2D eigenvalue weighted by molar-refractivity contribution is -0.133. The van der Waals surface area contributed by atoms with Gasteiger partial charge in [0, 0.05) is 46.8 Å². The van der Waals surface area contributed by atoms with Crippen LogP contribution in [0.4, 0.5) is 0 Å². The lowest BCUT2D eigenvalue weighted by Gasteiger charge is -2.38. The van der Waals surface area contributed by atoms with Gasteiger partial charge in [0.2, 0.25) is 6.35 Å². The average Bonchev–Trinajstić information content (AvgIpc) is 3.08. The van der Waals surface area contributed by atoms with E-state index < -0.39 is 0 Å². The molecule has 0 saturated carbocycles. The number of amides is 1. The van der Waals surface area contributed by atoms with E-state index in [1.807, 2.05) is 37.2 Å². The van der Waals surface area contributed by atoms with Crippen molar-refractivity contribution in [2.75, 3.05) is 60.1 Å². The third kappa shape index (κ3) is 4.35. The third-order valence-electron chi connectivity index (χ3n) is 6.32. The van der Waals surface area contributed by atoms with Crippen LogP contribution in [0.3, 0.4) is 0 Å². The van der Waals surface area contributed by atoms with Gasteiger partial charge in [0.25, 0.3) is 5.91 Å². The van der Waals surface area contributed by atoms with Gasteiger partial charge in [0.05, 0.1) is 19.8 Å². The molecule has 1 fully saturated rings. The molecule has 0 bridgehead atoms. The predicted molar refractivity (Wildman–Crippen MR) is 123 cm³/mol. The Labute approximate surface area is 191 Å². The van der Waals surface area contributed by atoms with E-state index in [0.717, 1.165) is 50.7 Å². The molecule has 0 N–H and O–H groups in total. The highest BCUT2D eigenvalue weighted by Crippen LogP contribution is 2.38. The summed E-state index contributed by atoms with van der Waals surface area (Å²) in [4.78, 5) is 23.9. The first-order valence-corrected chi connectivity index (χ1v) is 11.5. The largest absolute Gasteiger partial charge is 0.379 e. The van der Waals surface area contributed by atoms with E-state index in [9.17, 15) is 4.79 Å². The highest BCUT2D eigenvalue weighted by atomic mass is 16.5. The molecule has 1 atom stereocenters. The second kappa shape index (κ2) is 9.94. The third-order valence-corrected chi connectivity index (χ3v) is 6.32. The first kappa shape index (κ1) is 22.6. The van der Waals surface area contributed by atoms with Crippen molar-refractivity contribution in [1.29, 1.82) is 0 Å². The fourth-order valence-electron chi connectivity index (χ4n) is 4.59. The van der Waals surface area contributed by atoms with Crippen LogP contribution in [0.25, 0.3) is 0 Å². The molecule has 1 unspecified atom stereocenters. The van der Waals surface area contributed by atoms with E-state index in [-0.39, 0.29) is 12.3 Å². The van der Waals surface area contributed by atoms with Crippen LogP contribution in [0.1, 0.15) is 18.9 Å². The Bertz CT molecular complexity index is 852. The zero-order valence-electron chi connectivity index (χ0n) is 19.5. The average molecular weight is 442 g/mol. The van der Waals surface area contributed by atoms with Crippen molar-refractivity contribution >= 4 is 5.91 Å². The summed E-state index contributed by atoms with van der Waals surface area (Å²) >= 11 is 0. The topological polar surface area (TPSA) is 51.7 Å². The molecule has 8 nitrogen and oxygen atoms in total. The molecule has 32 heavy (non-hydrogen) atoms. The van der Waals surface area contributed by atoms with Crippen molar-refractivity contribution in [1.82, 2.24) is 24.5 Å². The Morgan fingerprint density at radius 3 is 2.53 bits per heavy atom. The molecule has 1 amide bonds. The summed E-state index contributed by atoms with van der Waals surface area (Å²) in [6, 6.07) is 10.2. The lowest BCUT2D eigenvalue weighted by Crippen LogP contribution is -2.46. The molecule has 0 radical (unpaired) electrons. The molecule has 174 valence electrons. The maximum atomic E-state index is 13.6. The highest BCUT2D eigenvalue weighted by Gasteiger charge is 2.47. The van der Waals surface area contributed by atoms with Crippen LogP contribution < -0.4 is 0 Å². The maximum absolute atomic E-state index is 13.6. The Kier molecular flexibility index (Phi) is 7.03. The van der Waals surface area contributed by atoms with E-state index >= 15 is 0 Å². The summed E-state index contributed by atoms with van der Waals surface area (Å²) in [6.07, 6.45) is 0.511. The summed E-state index contributed by atoms with van der Waals surface area (Å²) in [5, 5.41) is 0. The lowest BCUT2D eigenvalue weighted by atomic mass is 10.2. The van der Waals surface area contributed by atoms with Gasteiger partial charge >= 0.3 is 0 Å². The van der Waals surface area contributed by atoms with Gasteiger partial charge in [0.1, 0.15) is 17.3 Å². The molecule has 0 aliphatic carbocycles. The van der Waals surface area contributed by atoms with Crippen LogP contribution in [0, 0.1) is 0 Å². The maximum Gasteiger partial charge on any atom is 0.279 e. The molecule has 1 aromatic rings. The van der Waals surface area contributed by atoms with E-state index in [1.165, 1.54) is 0 Å². The molecular weight excluding hydrogens is 406 g/mol. The minimum Gasteiger partial charge on any atom is -0.379 e. The Hall–Kier alpha value is -2.55. The minimum absolute atomic E-state index is 0.00740. The van der Waals surface area contributed by atoms with Crippen molar-refractivity contribution in [3.8, 4) is 0 Å². The molecule has 3 aliphatic rings. The van der Waals surface area contributed by atoms with Crippen molar-refractivity contribution in [2.45, 2.75) is 26.2 Å². The molecule has 3 aliphatic heterocycles. The van der Waals surface area contributed by atoms with E-state index in [0.29, 0.717) is 31.2 Å². The smallest absolute Gasteiger partial charge is 0.279 e. The van der Waals surface area contributed by atoms with Crippen LogP contribution in [0.2, 0.25) is 0 Å². The van der Waals surface area contributed by atoms with E-state index in [1.54, 1.807) is 4.90 Å². The number of hydrogen-bond acceptors (Lipinski definition) is 7. The second-order valence-electron chi connectivity index (χ2n) is 8.48. The monoisotopic (exact) mass is 441 g/mol. The fraction of sp³-hybridized carbons (Fsp3) is 0.542. The zero-order chi connectivity index (χ0) is 22.7. The molecule has 4 rings (SSSR count). The molecular formula is C24H35N5O3. The van der Waals surface area contributed by atoms with Gasteiger partial charge in [0.15, 0.2) is 0 Å². The second-order valence-corrected chi connectivity index (χ2v) is 8.48. The normalized spacial score (nSPS) is 22.3. The van der Waals surface area contributed by atoms with Crippen LogP contribution >= 0.6 is 0 Å². The summed E-state index contributed by atoms with van der Waals surface area (Å²) in [5.74, 6) is 1.54. The predicted octanol–water partition coefficient (Wildman–Crippen LogP) is 1.89. The SMILES string of the molecule is C=C1N(C)C2=C(C(=O)N1CCC)N(Cc1ccccc1)C(OCCN1CCOCC1)N2C. The number of nitrogens with zero attached hydrogens (tertiary/aromatic N) is 5. The van der Waals surface area contributed by atoms with Crippen LogP contribution in [0.5, 0.6) is 0 Å². The quantitative estimate of drug-likeness (QED) is 0.611. The van der Waals surface area contributed by atoms with Crippen LogP contribution in [-0.4, -0.2) is 96.9 Å². The number of morpholine rings is 1. The number of ether oxygens (including phenoxy) is 2. The van der Waals surface area contributed by atoms with Crippen LogP contribution in [0.15, 0.2) is 54.2 Å². The number of carbonyl (C=O) groups excluding carboxylic acids is 1. The van der Waals surface area contributed by atoms with Crippen molar-refractivity contribution in [3.05, 3.63) is 59.8 Å².